The molecular weight excluding hydrogens is 328 g/mol. The molecule has 0 saturated carbocycles. The minimum absolute atomic E-state index is 0.120. The van der Waals surface area contributed by atoms with Crippen molar-refractivity contribution >= 4 is 11.9 Å². The van der Waals surface area contributed by atoms with E-state index >= 15 is 0 Å². The number of carbonyl (C=O) groups is 1. The minimum Gasteiger partial charge on any atom is -0.484 e. The fraction of sp³-hybridized carbons (Fsp3) is 0.600. The smallest absolute Gasteiger partial charge is 0.255 e. The number of ether oxygens (including phenoxy) is 1. The standard InChI is InChI=1S/C20H34N4O2/c1-5-22-20(24-16(4)9-6-8-15(2)3)23-13-17-10-7-11-18(12-17)26-14-19(21)25/h7,10-12,15-16H,5-6,8-9,13-14H2,1-4H3,(H2,21,25)(H2,22,23,24). The Bertz CT molecular complexity index is 573. The third kappa shape index (κ3) is 9.91. The molecule has 0 spiro atoms. The summed E-state index contributed by atoms with van der Waals surface area (Å²) in [4.78, 5) is 15.5. The molecule has 1 unspecified atom stereocenters. The van der Waals surface area contributed by atoms with Crippen molar-refractivity contribution in [3.05, 3.63) is 29.8 Å². The largest absolute Gasteiger partial charge is 0.484 e. The zero-order valence-electron chi connectivity index (χ0n) is 16.5. The number of amides is 1. The lowest BCUT2D eigenvalue weighted by Gasteiger charge is -2.18. The summed E-state index contributed by atoms with van der Waals surface area (Å²) in [7, 11) is 0. The van der Waals surface area contributed by atoms with Crippen molar-refractivity contribution in [1.29, 1.82) is 0 Å². The molecule has 0 aliphatic carbocycles. The third-order valence-electron chi connectivity index (χ3n) is 3.85. The van der Waals surface area contributed by atoms with Crippen molar-refractivity contribution in [2.24, 2.45) is 16.6 Å². The molecular formula is C20H34N4O2. The van der Waals surface area contributed by atoms with Crippen LogP contribution >= 0.6 is 0 Å². The lowest BCUT2D eigenvalue weighted by Crippen LogP contribution is -2.42. The second kappa shape index (κ2) is 12.2. The molecule has 0 fully saturated rings. The summed E-state index contributed by atoms with van der Waals surface area (Å²) < 4.78 is 5.34. The van der Waals surface area contributed by atoms with Gasteiger partial charge in [-0.2, -0.15) is 0 Å². The van der Waals surface area contributed by atoms with Gasteiger partial charge < -0.3 is 21.1 Å². The monoisotopic (exact) mass is 362 g/mol. The van der Waals surface area contributed by atoms with Crippen LogP contribution in [0.2, 0.25) is 0 Å². The summed E-state index contributed by atoms with van der Waals surface area (Å²) >= 11 is 0. The summed E-state index contributed by atoms with van der Waals surface area (Å²) in [6.07, 6.45) is 3.58. The normalized spacial score (nSPS) is 12.7. The van der Waals surface area contributed by atoms with Crippen LogP contribution < -0.4 is 21.1 Å². The maximum absolute atomic E-state index is 10.8. The predicted octanol–water partition coefficient (Wildman–Crippen LogP) is 2.82. The first kappa shape index (κ1) is 21.8. The molecule has 0 radical (unpaired) electrons. The van der Waals surface area contributed by atoms with E-state index in [0.717, 1.165) is 30.4 Å². The quantitative estimate of drug-likeness (QED) is 0.417. The number of nitrogens with zero attached hydrogens (tertiary/aromatic N) is 1. The van der Waals surface area contributed by atoms with Gasteiger partial charge in [0.25, 0.3) is 5.91 Å². The van der Waals surface area contributed by atoms with E-state index in [-0.39, 0.29) is 6.61 Å². The van der Waals surface area contributed by atoms with E-state index in [9.17, 15) is 4.79 Å². The van der Waals surface area contributed by atoms with Crippen LogP contribution in [0.1, 0.15) is 52.5 Å². The molecule has 1 aromatic carbocycles. The second-order valence-electron chi connectivity index (χ2n) is 6.97. The summed E-state index contributed by atoms with van der Waals surface area (Å²) in [6, 6.07) is 7.92. The number of hydrogen-bond donors (Lipinski definition) is 3. The number of nitrogens with one attached hydrogen (secondary N) is 2. The molecule has 0 bridgehead atoms. The Morgan fingerprint density at radius 3 is 2.69 bits per heavy atom. The van der Waals surface area contributed by atoms with Crippen molar-refractivity contribution in [2.75, 3.05) is 13.2 Å². The zero-order chi connectivity index (χ0) is 19.4. The number of carbonyl (C=O) groups excluding carboxylic acids is 1. The molecule has 26 heavy (non-hydrogen) atoms. The maximum Gasteiger partial charge on any atom is 0.255 e. The maximum atomic E-state index is 10.8. The highest BCUT2D eigenvalue weighted by Crippen LogP contribution is 2.14. The first-order valence-electron chi connectivity index (χ1n) is 9.45. The summed E-state index contributed by atoms with van der Waals surface area (Å²) in [5, 5.41) is 6.75. The van der Waals surface area contributed by atoms with E-state index in [2.05, 4.69) is 43.3 Å². The average Bonchev–Trinajstić information content (AvgIpc) is 2.58. The van der Waals surface area contributed by atoms with Gasteiger partial charge in [0.2, 0.25) is 0 Å². The number of guanidine groups is 1. The van der Waals surface area contributed by atoms with Gasteiger partial charge in [-0.25, -0.2) is 4.99 Å². The first-order chi connectivity index (χ1) is 12.4. The van der Waals surface area contributed by atoms with E-state index in [1.54, 1.807) is 6.07 Å². The van der Waals surface area contributed by atoms with Crippen LogP contribution in [0.4, 0.5) is 0 Å². The van der Waals surface area contributed by atoms with Crippen LogP contribution in [0.15, 0.2) is 29.3 Å². The van der Waals surface area contributed by atoms with Crippen molar-refractivity contribution in [3.63, 3.8) is 0 Å². The Morgan fingerprint density at radius 2 is 2.04 bits per heavy atom. The van der Waals surface area contributed by atoms with E-state index in [1.165, 1.54) is 12.8 Å². The number of benzene rings is 1. The third-order valence-corrected chi connectivity index (χ3v) is 3.85. The average molecular weight is 363 g/mol. The highest BCUT2D eigenvalue weighted by atomic mass is 16.5. The molecule has 146 valence electrons. The van der Waals surface area contributed by atoms with Crippen LogP contribution in [0, 0.1) is 5.92 Å². The van der Waals surface area contributed by atoms with Crippen LogP contribution in [-0.2, 0) is 11.3 Å². The van der Waals surface area contributed by atoms with Crippen LogP contribution in [0.3, 0.4) is 0 Å². The van der Waals surface area contributed by atoms with E-state index in [0.29, 0.717) is 18.3 Å². The zero-order valence-corrected chi connectivity index (χ0v) is 16.5. The predicted molar refractivity (Wildman–Crippen MR) is 107 cm³/mol. The van der Waals surface area contributed by atoms with Crippen molar-refractivity contribution in [3.8, 4) is 5.75 Å². The van der Waals surface area contributed by atoms with Crippen molar-refractivity contribution in [2.45, 2.75) is 59.5 Å². The van der Waals surface area contributed by atoms with Gasteiger partial charge in [0.15, 0.2) is 12.6 Å². The lowest BCUT2D eigenvalue weighted by molar-refractivity contribution is -0.119. The summed E-state index contributed by atoms with van der Waals surface area (Å²) in [5.74, 6) is 1.69. The SMILES string of the molecule is CCNC(=NCc1cccc(OCC(N)=O)c1)NC(C)CCCC(C)C. The van der Waals surface area contributed by atoms with Crippen LogP contribution in [-0.4, -0.2) is 31.1 Å². The Morgan fingerprint density at radius 1 is 1.27 bits per heavy atom. The Kier molecular flexibility index (Phi) is 10.2. The lowest BCUT2D eigenvalue weighted by atomic mass is 10.0. The molecule has 1 amide bonds. The van der Waals surface area contributed by atoms with E-state index in [1.807, 2.05) is 18.2 Å². The Hall–Kier alpha value is -2.24. The molecule has 6 heteroatoms. The Labute approximate surface area is 157 Å². The van der Waals surface area contributed by atoms with Gasteiger partial charge >= 0.3 is 0 Å². The number of aliphatic imine (C=N–C) groups is 1. The van der Waals surface area contributed by atoms with Gasteiger partial charge in [0.1, 0.15) is 5.75 Å². The molecule has 1 atom stereocenters. The second-order valence-corrected chi connectivity index (χ2v) is 6.97. The van der Waals surface area contributed by atoms with Crippen molar-refractivity contribution < 1.29 is 9.53 Å². The summed E-state index contributed by atoms with van der Waals surface area (Å²) in [6.45, 7) is 9.97. The first-order valence-corrected chi connectivity index (χ1v) is 9.45. The van der Waals surface area contributed by atoms with Gasteiger partial charge in [-0.1, -0.05) is 38.8 Å². The Balaban J connectivity index is 2.59. The van der Waals surface area contributed by atoms with Gasteiger partial charge in [-0.15, -0.1) is 0 Å². The van der Waals surface area contributed by atoms with Gasteiger partial charge in [-0.05, 0) is 43.9 Å². The van der Waals surface area contributed by atoms with Crippen molar-refractivity contribution in [1.82, 2.24) is 10.6 Å². The fourth-order valence-corrected chi connectivity index (χ4v) is 2.52. The molecule has 6 nitrogen and oxygen atoms in total. The van der Waals surface area contributed by atoms with E-state index in [4.69, 9.17) is 10.5 Å². The molecule has 0 aliphatic heterocycles. The summed E-state index contributed by atoms with van der Waals surface area (Å²) in [5.41, 5.74) is 6.12. The number of hydrogen-bond acceptors (Lipinski definition) is 3. The molecule has 0 aromatic heterocycles. The van der Waals surface area contributed by atoms with Gasteiger partial charge in [0, 0.05) is 12.6 Å². The topological polar surface area (TPSA) is 88.7 Å². The highest BCUT2D eigenvalue weighted by Gasteiger charge is 2.06. The minimum atomic E-state index is -0.487. The van der Waals surface area contributed by atoms with Gasteiger partial charge in [-0.3, -0.25) is 4.79 Å². The molecule has 4 N–H and O–H groups in total. The number of primary amides is 1. The van der Waals surface area contributed by atoms with Crippen LogP contribution in [0.5, 0.6) is 5.75 Å². The molecule has 1 aromatic rings. The highest BCUT2D eigenvalue weighted by molar-refractivity contribution is 5.80. The van der Waals surface area contributed by atoms with Crippen LogP contribution in [0.25, 0.3) is 0 Å². The van der Waals surface area contributed by atoms with Gasteiger partial charge in [0.05, 0.1) is 6.54 Å². The van der Waals surface area contributed by atoms with E-state index < -0.39 is 5.91 Å². The molecule has 0 saturated heterocycles. The molecule has 0 heterocycles. The number of nitrogens with two attached hydrogens (primary N) is 1. The number of rotatable bonds is 11. The molecule has 0 aliphatic rings. The fourth-order valence-electron chi connectivity index (χ4n) is 2.52. The molecule has 1 rings (SSSR count).